The Labute approximate surface area is 147 Å². The number of carbonyl (C=O) groups is 1. The molecule has 0 saturated carbocycles. The van der Waals surface area contributed by atoms with Crippen molar-refractivity contribution >= 4 is 33.2 Å². The van der Waals surface area contributed by atoms with E-state index in [2.05, 4.69) is 5.32 Å². The molecule has 8 heteroatoms. The molecule has 0 radical (unpaired) electrons. The third-order valence-electron chi connectivity index (χ3n) is 4.35. The summed E-state index contributed by atoms with van der Waals surface area (Å²) in [4.78, 5) is 12.3. The Hall–Kier alpha value is -1.31. The third-order valence-corrected chi connectivity index (χ3v) is 6.53. The first-order valence-electron chi connectivity index (χ1n) is 8.17. The van der Waals surface area contributed by atoms with Crippen LogP contribution in [0.25, 0.3) is 0 Å². The van der Waals surface area contributed by atoms with Crippen LogP contribution in [0.4, 0.5) is 5.69 Å². The Morgan fingerprint density at radius 2 is 2.17 bits per heavy atom. The van der Waals surface area contributed by atoms with Crippen molar-refractivity contribution in [3.63, 3.8) is 0 Å². The number of nitrogens with zero attached hydrogens (tertiary/aromatic N) is 1. The van der Waals surface area contributed by atoms with E-state index in [1.54, 1.807) is 18.2 Å². The van der Waals surface area contributed by atoms with Crippen LogP contribution in [0.15, 0.2) is 18.2 Å². The number of hydrogen-bond acceptors (Lipinski definition) is 4. The molecule has 0 unspecified atom stereocenters. The van der Waals surface area contributed by atoms with Crippen molar-refractivity contribution in [2.75, 3.05) is 29.8 Å². The number of nitrogens with one attached hydrogen (secondary N) is 1. The van der Waals surface area contributed by atoms with Gasteiger partial charge in [0.2, 0.25) is 10.0 Å². The maximum absolute atomic E-state index is 12.3. The van der Waals surface area contributed by atoms with E-state index in [1.807, 2.05) is 0 Å². The van der Waals surface area contributed by atoms with Crippen LogP contribution >= 0.6 is 11.6 Å². The maximum atomic E-state index is 12.3. The molecule has 0 aromatic heterocycles. The highest BCUT2D eigenvalue weighted by Gasteiger charge is 2.27. The zero-order chi connectivity index (χ0) is 17.2. The minimum absolute atomic E-state index is 0.0606. The summed E-state index contributed by atoms with van der Waals surface area (Å²) >= 11 is 6.22. The number of ether oxygens (including phenoxy) is 1. The van der Waals surface area contributed by atoms with Crippen LogP contribution in [-0.2, 0) is 14.8 Å². The smallest absolute Gasteiger partial charge is 0.252 e. The topological polar surface area (TPSA) is 75.7 Å². The van der Waals surface area contributed by atoms with Gasteiger partial charge in [-0.25, -0.2) is 8.42 Å². The lowest BCUT2D eigenvalue weighted by Crippen LogP contribution is -2.38. The molecule has 3 rings (SSSR count). The van der Waals surface area contributed by atoms with Crippen molar-refractivity contribution in [1.82, 2.24) is 5.32 Å². The summed E-state index contributed by atoms with van der Waals surface area (Å²) in [5.74, 6) is -0.127. The molecule has 1 aromatic carbocycles. The molecular formula is C16H21ClN2O4S. The van der Waals surface area contributed by atoms with Crippen molar-refractivity contribution in [3.05, 3.63) is 28.8 Å². The Bertz CT molecular complexity index is 717. The minimum Gasteiger partial charge on any atom is -0.376 e. The van der Waals surface area contributed by atoms with Crippen LogP contribution < -0.4 is 9.62 Å². The summed E-state index contributed by atoms with van der Waals surface area (Å²) in [6.45, 7) is 1.64. The lowest BCUT2D eigenvalue weighted by molar-refractivity contribution is 0.0858. The Morgan fingerprint density at radius 1 is 1.33 bits per heavy atom. The van der Waals surface area contributed by atoms with Gasteiger partial charge in [-0.15, -0.1) is 0 Å². The first kappa shape index (κ1) is 17.5. The van der Waals surface area contributed by atoms with E-state index in [4.69, 9.17) is 16.3 Å². The molecular weight excluding hydrogens is 352 g/mol. The Balaban J connectivity index is 1.71. The standard InChI is InChI=1S/C16H21ClN2O4S/c17-15-10-12(19-7-1-2-9-24(19,21)22)5-6-14(15)16(20)18-11-13-4-3-8-23-13/h5-6,10,13H,1-4,7-9,11H2,(H,18,20)/t13-/m1/s1. The Morgan fingerprint density at radius 3 is 2.83 bits per heavy atom. The summed E-state index contributed by atoms with van der Waals surface area (Å²) < 4.78 is 31.1. The number of benzene rings is 1. The zero-order valence-corrected chi connectivity index (χ0v) is 14.9. The van der Waals surface area contributed by atoms with E-state index >= 15 is 0 Å². The number of rotatable bonds is 4. The zero-order valence-electron chi connectivity index (χ0n) is 13.3. The fourth-order valence-electron chi connectivity index (χ4n) is 3.03. The fourth-order valence-corrected chi connectivity index (χ4v) is 4.92. The number of halogens is 1. The molecule has 2 aliphatic heterocycles. The second-order valence-corrected chi connectivity index (χ2v) is 8.52. The van der Waals surface area contributed by atoms with E-state index < -0.39 is 10.0 Å². The summed E-state index contributed by atoms with van der Waals surface area (Å²) in [7, 11) is -3.29. The monoisotopic (exact) mass is 372 g/mol. The molecule has 24 heavy (non-hydrogen) atoms. The number of amides is 1. The molecule has 1 atom stereocenters. The quantitative estimate of drug-likeness (QED) is 0.878. The molecule has 2 heterocycles. The molecule has 0 spiro atoms. The first-order chi connectivity index (χ1) is 11.5. The normalized spacial score (nSPS) is 23.2. The van der Waals surface area contributed by atoms with Crippen LogP contribution in [0.1, 0.15) is 36.0 Å². The predicted octanol–water partition coefficient (Wildman–Crippen LogP) is 2.18. The number of anilines is 1. The van der Waals surface area contributed by atoms with Gasteiger partial charge in [-0.2, -0.15) is 0 Å². The van der Waals surface area contributed by atoms with Crippen molar-refractivity contribution in [2.24, 2.45) is 0 Å². The predicted molar refractivity (Wildman–Crippen MR) is 93.1 cm³/mol. The van der Waals surface area contributed by atoms with Gasteiger partial charge >= 0.3 is 0 Å². The largest absolute Gasteiger partial charge is 0.376 e. The van der Waals surface area contributed by atoms with Crippen molar-refractivity contribution in [1.29, 1.82) is 0 Å². The van der Waals surface area contributed by atoms with Gasteiger partial charge in [0, 0.05) is 19.7 Å². The highest BCUT2D eigenvalue weighted by Crippen LogP contribution is 2.28. The lowest BCUT2D eigenvalue weighted by Gasteiger charge is -2.28. The van der Waals surface area contributed by atoms with Crippen LogP contribution in [0, 0.1) is 0 Å². The average Bonchev–Trinajstić information content (AvgIpc) is 3.05. The third kappa shape index (κ3) is 3.84. The summed E-state index contributed by atoms with van der Waals surface area (Å²) in [6, 6.07) is 4.76. The second-order valence-electron chi connectivity index (χ2n) is 6.10. The Kier molecular flexibility index (Phi) is 5.32. The van der Waals surface area contributed by atoms with Gasteiger partial charge in [0.15, 0.2) is 0 Å². The van der Waals surface area contributed by atoms with Gasteiger partial charge < -0.3 is 10.1 Å². The van der Waals surface area contributed by atoms with Crippen LogP contribution in [0.5, 0.6) is 0 Å². The van der Waals surface area contributed by atoms with Crippen LogP contribution in [0.2, 0.25) is 5.02 Å². The van der Waals surface area contributed by atoms with E-state index in [1.165, 1.54) is 4.31 Å². The highest BCUT2D eigenvalue weighted by atomic mass is 35.5. The van der Waals surface area contributed by atoms with Gasteiger partial charge in [-0.1, -0.05) is 11.6 Å². The van der Waals surface area contributed by atoms with E-state index in [0.29, 0.717) is 30.8 Å². The van der Waals surface area contributed by atoms with Gasteiger partial charge in [-0.3, -0.25) is 9.10 Å². The maximum Gasteiger partial charge on any atom is 0.252 e. The van der Waals surface area contributed by atoms with E-state index in [0.717, 1.165) is 25.9 Å². The van der Waals surface area contributed by atoms with E-state index in [9.17, 15) is 13.2 Å². The van der Waals surface area contributed by atoms with Crippen molar-refractivity contribution in [2.45, 2.75) is 31.8 Å². The summed E-state index contributed by atoms with van der Waals surface area (Å²) in [5, 5.41) is 3.06. The fraction of sp³-hybridized carbons (Fsp3) is 0.562. The molecule has 0 aliphatic carbocycles. The molecule has 2 aliphatic rings. The van der Waals surface area contributed by atoms with Gasteiger partial charge in [0.05, 0.1) is 28.1 Å². The molecule has 6 nitrogen and oxygen atoms in total. The average molecular weight is 373 g/mol. The van der Waals surface area contributed by atoms with Gasteiger partial charge in [0.1, 0.15) is 0 Å². The summed E-state index contributed by atoms with van der Waals surface area (Å²) in [5.41, 5.74) is 0.850. The number of hydrogen-bond donors (Lipinski definition) is 1. The molecule has 2 fully saturated rings. The van der Waals surface area contributed by atoms with Crippen LogP contribution in [0.3, 0.4) is 0 Å². The number of carbonyl (C=O) groups excluding carboxylic acids is 1. The van der Waals surface area contributed by atoms with Crippen LogP contribution in [-0.4, -0.2) is 45.9 Å². The first-order valence-corrected chi connectivity index (χ1v) is 10.2. The van der Waals surface area contributed by atoms with Gasteiger partial charge in [-0.05, 0) is 43.9 Å². The van der Waals surface area contributed by atoms with Crippen molar-refractivity contribution < 1.29 is 17.9 Å². The molecule has 0 bridgehead atoms. The second kappa shape index (κ2) is 7.29. The van der Waals surface area contributed by atoms with Gasteiger partial charge in [0.25, 0.3) is 5.91 Å². The summed E-state index contributed by atoms with van der Waals surface area (Å²) in [6.07, 6.45) is 3.52. The van der Waals surface area contributed by atoms with E-state index in [-0.39, 0.29) is 22.8 Å². The molecule has 1 amide bonds. The highest BCUT2D eigenvalue weighted by molar-refractivity contribution is 7.92. The molecule has 132 valence electrons. The van der Waals surface area contributed by atoms with Crippen molar-refractivity contribution in [3.8, 4) is 0 Å². The molecule has 1 N–H and O–H groups in total. The minimum atomic E-state index is -3.29. The lowest BCUT2D eigenvalue weighted by atomic mass is 10.1. The molecule has 1 aromatic rings. The number of sulfonamides is 1. The molecule has 2 saturated heterocycles. The SMILES string of the molecule is O=C(NC[C@H]1CCCO1)c1ccc(N2CCCCS2(=O)=O)cc1Cl.